The van der Waals surface area contributed by atoms with E-state index in [-0.39, 0.29) is 22.7 Å². The molecule has 1 amide bonds. The predicted molar refractivity (Wildman–Crippen MR) is 107 cm³/mol. The van der Waals surface area contributed by atoms with Gasteiger partial charge in [-0.1, -0.05) is 30.3 Å². The summed E-state index contributed by atoms with van der Waals surface area (Å²) in [7, 11) is -3.55. The van der Waals surface area contributed by atoms with Crippen LogP contribution in [0.15, 0.2) is 59.5 Å². The van der Waals surface area contributed by atoms with Crippen LogP contribution in [0.3, 0.4) is 0 Å². The first kappa shape index (κ1) is 20.0. The fourth-order valence-corrected chi connectivity index (χ4v) is 5.07. The summed E-state index contributed by atoms with van der Waals surface area (Å²) in [6, 6.07) is 14.0. The molecular formula is C21H24FN3O3S. The van der Waals surface area contributed by atoms with Crippen LogP contribution in [0.4, 0.5) is 4.39 Å². The van der Waals surface area contributed by atoms with E-state index >= 15 is 0 Å². The Hall–Kier alpha value is -2.29. The molecule has 154 valence electrons. The molecule has 0 unspecified atom stereocenters. The Morgan fingerprint density at radius 2 is 1.59 bits per heavy atom. The summed E-state index contributed by atoms with van der Waals surface area (Å²) < 4.78 is 40.5. The van der Waals surface area contributed by atoms with E-state index in [0.29, 0.717) is 31.7 Å². The van der Waals surface area contributed by atoms with Crippen LogP contribution in [0, 0.1) is 5.82 Å². The number of rotatable bonds is 6. The Balaban J connectivity index is 1.50. The van der Waals surface area contributed by atoms with Gasteiger partial charge in [0.15, 0.2) is 0 Å². The third kappa shape index (κ3) is 4.49. The number of sulfonamides is 1. The van der Waals surface area contributed by atoms with Crippen LogP contribution in [0.5, 0.6) is 0 Å². The van der Waals surface area contributed by atoms with Crippen molar-refractivity contribution in [1.29, 1.82) is 0 Å². The third-order valence-corrected chi connectivity index (χ3v) is 7.29. The van der Waals surface area contributed by atoms with E-state index in [9.17, 15) is 17.6 Å². The van der Waals surface area contributed by atoms with Crippen molar-refractivity contribution in [3.8, 4) is 0 Å². The van der Waals surface area contributed by atoms with Crippen molar-refractivity contribution in [3.63, 3.8) is 0 Å². The molecule has 8 heteroatoms. The fourth-order valence-electron chi connectivity index (χ4n) is 3.62. The zero-order chi connectivity index (χ0) is 20.4. The summed E-state index contributed by atoms with van der Waals surface area (Å²) in [5.74, 6) is -0.465. The highest BCUT2D eigenvalue weighted by atomic mass is 32.2. The number of hydrogen-bond acceptors (Lipinski definition) is 4. The molecule has 0 spiro atoms. The van der Waals surface area contributed by atoms with Gasteiger partial charge in [-0.2, -0.15) is 4.31 Å². The maximum absolute atomic E-state index is 13.4. The highest BCUT2D eigenvalue weighted by Gasteiger charge is 2.36. The molecule has 0 radical (unpaired) electrons. The molecule has 1 aliphatic carbocycles. The van der Waals surface area contributed by atoms with E-state index in [1.165, 1.54) is 16.4 Å². The van der Waals surface area contributed by atoms with E-state index in [4.69, 9.17) is 0 Å². The molecule has 1 saturated heterocycles. The van der Waals surface area contributed by atoms with Crippen molar-refractivity contribution >= 4 is 15.9 Å². The van der Waals surface area contributed by atoms with Crippen LogP contribution in [0.1, 0.15) is 24.4 Å². The Bertz CT molecular complexity index is 954. The van der Waals surface area contributed by atoms with E-state index in [2.05, 4.69) is 5.32 Å². The van der Waals surface area contributed by atoms with E-state index in [1.807, 2.05) is 4.90 Å². The standard InChI is InChI=1S/C21H24FN3O3S/c22-17-8-6-16(7-9-17)20(21(26)23-18-10-11-18)24-12-14-25(15-13-24)29(27,28)19-4-2-1-3-5-19/h1-9,18,20H,10-15H2,(H,23,26)/t20-/m0/s1. The topological polar surface area (TPSA) is 69.7 Å². The monoisotopic (exact) mass is 417 g/mol. The lowest BCUT2D eigenvalue weighted by molar-refractivity contribution is -0.127. The summed E-state index contributed by atoms with van der Waals surface area (Å²) in [6.45, 7) is 1.44. The lowest BCUT2D eigenvalue weighted by Gasteiger charge is -2.38. The first-order valence-corrected chi connectivity index (χ1v) is 11.2. The summed E-state index contributed by atoms with van der Waals surface area (Å²) in [4.78, 5) is 15.1. The molecule has 0 aromatic heterocycles. The average Bonchev–Trinajstić information content (AvgIpc) is 3.55. The van der Waals surface area contributed by atoms with Crippen molar-refractivity contribution in [1.82, 2.24) is 14.5 Å². The molecule has 2 fully saturated rings. The van der Waals surface area contributed by atoms with Crippen molar-refractivity contribution in [2.45, 2.75) is 29.8 Å². The molecule has 29 heavy (non-hydrogen) atoms. The highest BCUT2D eigenvalue weighted by Crippen LogP contribution is 2.27. The van der Waals surface area contributed by atoms with Crippen LogP contribution in [-0.4, -0.2) is 55.8 Å². The van der Waals surface area contributed by atoms with Gasteiger partial charge in [0.2, 0.25) is 15.9 Å². The van der Waals surface area contributed by atoms with Gasteiger partial charge in [0, 0.05) is 32.2 Å². The minimum absolute atomic E-state index is 0.113. The van der Waals surface area contributed by atoms with Gasteiger partial charge in [-0.25, -0.2) is 12.8 Å². The number of benzene rings is 2. The average molecular weight is 418 g/mol. The van der Waals surface area contributed by atoms with Crippen LogP contribution >= 0.6 is 0 Å². The van der Waals surface area contributed by atoms with Gasteiger partial charge in [-0.3, -0.25) is 9.69 Å². The molecule has 4 rings (SSSR count). The Kier molecular flexibility index (Phi) is 5.67. The summed E-state index contributed by atoms with van der Waals surface area (Å²) in [5, 5.41) is 3.03. The maximum Gasteiger partial charge on any atom is 0.243 e. The van der Waals surface area contributed by atoms with Crippen molar-refractivity contribution in [2.75, 3.05) is 26.2 Å². The van der Waals surface area contributed by atoms with Gasteiger partial charge in [-0.05, 0) is 42.7 Å². The molecular weight excluding hydrogens is 393 g/mol. The number of hydrogen-bond donors (Lipinski definition) is 1. The third-order valence-electron chi connectivity index (χ3n) is 5.38. The second kappa shape index (κ2) is 8.22. The van der Waals surface area contributed by atoms with Crippen molar-refractivity contribution in [3.05, 3.63) is 66.0 Å². The minimum Gasteiger partial charge on any atom is -0.352 e. The van der Waals surface area contributed by atoms with E-state index in [0.717, 1.165) is 12.8 Å². The second-order valence-electron chi connectivity index (χ2n) is 7.49. The van der Waals surface area contributed by atoms with Crippen molar-refractivity contribution < 1.29 is 17.6 Å². The summed E-state index contributed by atoms with van der Waals surface area (Å²) in [6.07, 6.45) is 1.95. The number of carbonyl (C=O) groups is 1. The fraction of sp³-hybridized carbons (Fsp3) is 0.381. The number of amides is 1. The number of nitrogens with zero attached hydrogens (tertiary/aromatic N) is 2. The van der Waals surface area contributed by atoms with Crippen LogP contribution in [0.2, 0.25) is 0 Å². The number of halogens is 1. The largest absolute Gasteiger partial charge is 0.352 e. The SMILES string of the molecule is O=C(NC1CC1)[C@H](c1ccc(F)cc1)N1CCN(S(=O)(=O)c2ccccc2)CC1. The molecule has 2 aromatic rings. The summed E-state index contributed by atoms with van der Waals surface area (Å²) in [5.41, 5.74) is 0.712. The lowest BCUT2D eigenvalue weighted by Crippen LogP contribution is -2.52. The number of piperazine rings is 1. The van der Waals surface area contributed by atoms with Gasteiger partial charge in [0.05, 0.1) is 4.90 Å². The van der Waals surface area contributed by atoms with Crippen LogP contribution in [-0.2, 0) is 14.8 Å². The molecule has 0 bridgehead atoms. The predicted octanol–water partition coefficient (Wildman–Crippen LogP) is 2.15. The Labute approximate surface area is 170 Å². The molecule has 1 heterocycles. The Morgan fingerprint density at radius 1 is 0.966 bits per heavy atom. The molecule has 1 atom stereocenters. The van der Waals surface area contributed by atoms with Crippen LogP contribution in [0.25, 0.3) is 0 Å². The van der Waals surface area contributed by atoms with Gasteiger partial charge >= 0.3 is 0 Å². The van der Waals surface area contributed by atoms with Crippen LogP contribution < -0.4 is 5.32 Å². The quantitative estimate of drug-likeness (QED) is 0.782. The zero-order valence-electron chi connectivity index (χ0n) is 16.0. The highest BCUT2D eigenvalue weighted by molar-refractivity contribution is 7.89. The van der Waals surface area contributed by atoms with Gasteiger partial charge < -0.3 is 5.32 Å². The normalized spacial score (nSPS) is 19.6. The lowest BCUT2D eigenvalue weighted by atomic mass is 10.0. The molecule has 1 N–H and O–H groups in total. The van der Waals surface area contributed by atoms with Crippen molar-refractivity contribution in [2.24, 2.45) is 0 Å². The van der Waals surface area contributed by atoms with Gasteiger partial charge in [0.1, 0.15) is 11.9 Å². The summed E-state index contributed by atoms with van der Waals surface area (Å²) >= 11 is 0. The first-order chi connectivity index (χ1) is 13.9. The smallest absolute Gasteiger partial charge is 0.243 e. The minimum atomic E-state index is -3.55. The second-order valence-corrected chi connectivity index (χ2v) is 9.43. The maximum atomic E-state index is 13.4. The van der Waals surface area contributed by atoms with E-state index < -0.39 is 16.1 Å². The zero-order valence-corrected chi connectivity index (χ0v) is 16.8. The number of carbonyl (C=O) groups excluding carboxylic acids is 1. The number of nitrogens with one attached hydrogen (secondary N) is 1. The van der Waals surface area contributed by atoms with Gasteiger partial charge in [-0.15, -0.1) is 0 Å². The Morgan fingerprint density at radius 3 is 2.17 bits per heavy atom. The molecule has 2 aliphatic rings. The molecule has 1 saturated carbocycles. The van der Waals surface area contributed by atoms with Gasteiger partial charge in [0.25, 0.3) is 0 Å². The molecule has 1 aliphatic heterocycles. The molecule has 6 nitrogen and oxygen atoms in total. The first-order valence-electron chi connectivity index (χ1n) is 9.80. The molecule has 2 aromatic carbocycles. The van der Waals surface area contributed by atoms with E-state index in [1.54, 1.807) is 42.5 Å².